The van der Waals surface area contributed by atoms with Gasteiger partial charge in [-0.15, -0.1) is 0 Å². The Morgan fingerprint density at radius 2 is 2.46 bits per heavy atom. The van der Waals surface area contributed by atoms with Gasteiger partial charge in [0.05, 0.1) is 6.20 Å². The number of carbonyl (C=O) groups is 1. The van der Waals surface area contributed by atoms with Crippen LogP contribution in [-0.4, -0.2) is 17.6 Å². The van der Waals surface area contributed by atoms with Crippen LogP contribution in [0.1, 0.15) is 23.0 Å². The maximum absolute atomic E-state index is 11.3. The van der Waals surface area contributed by atoms with E-state index in [0.29, 0.717) is 6.54 Å². The molecule has 0 bridgehead atoms. The molecule has 1 N–H and O–H groups in total. The number of carbonyl (C=O) groups excluding carboxylic acids is 1. The van der Waals surface area contributed by atoms with Gasteiger partial charge in [0.2, 0.25) is 5.76 Å². The highest BCUT2D eigenvalue weighted by molar-refractivity contribution is 5.92. The normalized spacial score (nSPS) is 9.69. The van der Waals surface area contributed by atoms with E-state index < -0.39 is 0 Å². The fourth-order valence-corrected chi connectivity index (χ4v) is 0.821. The molecule has 0 spiro atoms. The maximum Gasteiger partial charge on any atom is 0.290 e. The molecule has 0 saturated carbocycles. The summed E-state index contributed by atoms with van der Waals surface area (Å²) in [6.07, 6.45) is 1.51. The lowest BCUT2D eigenvalue weighted by Crippen LogP contribution is -2.24. The fraction of sp³-hybridized carbons (Fsp3) is 0.333. The Morgan fingerprint density at radius 3 is 2.92 bits per heavy atom. The highest BCUT2D eigenvalue weighted by Gasteiger charge is 2.12. The first kappa shape index (κ1) is 9.51. The monoisotopic (exact) mass is 180 g/mol. The molecule has 0 fully saturated rings. The van der Waals surface area contributed by atoms with E-state index in [0.717, 1.165) is 11.1 Å². The number of hydrogen-bond donors (Lipinski definition) is 1. The lowest BCUT2D eigenvalue weighted by atomic mass is 10.2. The van der Waals surface area contributed by atoms with Gasteiger partial charge in [-0.25, -0.2) is 0 Å². The minimum atomic E-state index is -0.252. The molecule has 70 valence electrons. The van der Waals surface area contributed by atoms with Crippen molar-refractivity contribution in [3.8, 4) is 0 Å². The van der Waals surface area contributed by atoms with Crippen molar-refractivity contribution >= 4 is 5.91 Å². The van der Waals surface area contributed by atoms with Gasteiger partial charge in [-0.3, -0.25) is 4.79 Å². The maximum atomic E-state index is 11.3. The van der Waals surface area contributed by atoms with E-state index in [9.17, 15) is 4.79 Å². The van der Waals surface area contributed by atoms with Crippen LogP contribution in [0.3, 0.4) is 0 Å². The van der Waals surface area contributed by atoms with Crippen LogP contribution in [0, 0.1) is 6.92 Å². The lowest BCUT2D eigenvalue weighted by Gasteiger charge is -2.01. The molecule has 0 aliphatic heterocycles. The van der Waals surface area contributed by atoms with Crippen LogP contribution in [0.25, 0.3) is 0 Å². The van der Waals surface area contributed by atoms with Crippen molar-refractivity contribution in [3.63, 3.8) is 0 Å². The van der Waals surface area contributed by atoms with E-state index in [-0.39, 0.29) is 11.7 Å². The summed E-state index contributed by atoms with van der Waals surface area (Å²) < 4.78 is 4.77. The standard InChI is InChI=1S/C9H12N2O2/c1-6(2)4-10-9(12)8-7(3)5-11-13-8/h5H,1,4H2,2-3H3,(H,10,12). The number of rotatable bonds is 3. The molecule has 1 aromatic rings. The molecule has 0 unspecified atom stereocenters. The summed E-state index contributed by atoms with van der Waals surface area (Å²) in [5.74, 6) is 0.0132. The predicted octanol–water partition coefficient (Wildman–Crippen LogP) is 1.29. The molecule has 0 radical (unpaired) electrons. The molecule has 1 amide bonds. The van der Waals surface area contributed by atoms with Crippen LogP contribution < -0.4 is 5.32 Å². The van der Waals surface area contributed by atoms with Crippen molar-refractivity contribution in [2.24, 2.45) is 0 Å². The first-order valence-electron chi connectivity index (χ1n) is 3.95. The Kier molecular flexibility index (Phi) is 2.84. The van der Waals surface area contributed by atoms with Crippen molar-refractivity contribution in [1.29, 1.82) is 0 Å². The zero-order chi connectivity index (χ0) is 9.84. The Bertz CT molecular complexity index is 328. The SMILES string of the molecule is C=C(C)CNC(=O)c1oncc1C. The summed E-state index contributed by atoms with van der Waals surface area (Å²) >= 11 is 0. The first-order valence-corrected chi connectivity index (χ1v) is 3.95. The molecule has 0 aliphatic carbocycles. The molecular formula is C9H12N2O2. The highest BCUT2D eigenvalue weighted by Crippen LogP contribution is 2.04. The minimum Gasteiger partial charge on any atom is -0.351 e. The summed E-state index contributed by atoms with van der Waals surface area (Å²) in [6.45, 7) is 7.74. The van der Waals surface area contributed by atoms with Gasteiger partial charge in [-0.1, -0.05) is 17.3 Å². The largest absolute Gasteiger partial charge is 0.351 e. The molecule has 4 nitrogen and oxygen atoms in total. The number of nitrogens with one attached hydrogen (secondary N) is 1. The molecule has 1 rings (SSSR count). The Morgan fingerprint density at radius 1 is 1.77 bits per heavy atom. The van der Waals surface area contributed by atoms with Crippen LogP contribution in [0.15, 0.2) is 22.9 Å². The van der Waals surface area contributed by atoms with Gasteiger partial charge in [-0.05, 0) is 13.8 Å². The summed E-state index contributed by atoms with van der Waals surface area (Å²) in [7, 11) is 0. The van der Waals surface area contributed by atoms with Crippen LogP contribution in [0.5, 0.6) is 0 Å². The second-order valence-corrected chi connectivity index (χ2v) is 2.98. The average Bonchev–Trinajstić information content (AvgIpc) is 2.47. The van der Waals surface area contributed by atoms with Crippen molar-refractivity contribution < 1.29 is 9.32 Å². The van der Waals surface area contributed by atoms with Crippen molar-refractivity contribution in [1.82, 2.24) is 10.5 Å². The van der Waals surface area contributed by atoms with Gasteiger partial charge in [0.1, 0.15) is 0 Å². The molecule has 1 heterocycles. The third-order valence-corrected chi connectivity index (χ3v) is 1.51. The summed E-state index contributed by atoms with van der Waals surface area (Å²) in [4.78, 5) is 11.3. The molecule has 0 saturated heterocycles. The summed E-state index contributed by atoms with van der Waals surface area (Å²) in [5, 5.41) is 6.16. The molecular weight excluding hydrogens is 168 g/mol. The molecule has 0 aliphatic rings. The quantitative estimate of drug-likeness (QED) is 0.713. The van der Waals surface area contributed by atoms with Gasteiger partial charge in [-0.2, -0.15) is 0 Å². The van der Waals surface area contributed by atoms with Gasteiger partial charge >= 0.3 is 0 Å². The van der Waals surface area contributed by atoms with Crippen LogP contribution in [0.4, 0.5) is 0 Å². The van der Waals surface area contributed by atoms with Gasteiger partial charge < -0.3 is 9.84 Å². The van der Waals surface area contributed by atoms with E-state index in [1.54, 1.807) is 6.92 Å². The highest BCUT2D eigenvalue weighted by atomic mass is 16.5. The van der Waals surface area contributed by atoms with Gasteiger partial charge in [0.15, 0.2) is 0 Å². The van der Waals surface area contributed by atoms with Crippen LogP contribution in [-0.2, 0) is 0 Å². The molecule has 0 atom stereocenters. The van der Waals surface area contributed by atoms with Crippen molar-refractivity contribution in [3.05, 3.63) is 29.7 Å². The zero-order valence-electron chi connectivity index (χ0n) is 7.76. The van der Waals surface area contributed by atoms with Gasteiger partial charge in [0, 0.05) is 12.1 Å². The van der Waals surface area contributed by atoms with Crippen molar-refractivity contribution in [2.45, 2.75) is 13.8 Å². The van der Waals surface area contributed by atoms with Gasteiger partial charge in [0.25, 0.3) is 5.91 Å². The first-order chi connectivity index (χ1) is 6.11. The van der Waals surface area contributed by atoms with Crippen LogP contribution >= 0.6 is 0 Å². The summed E-state index contributed by atoms with van der Waals surface area (Å²) in [5.41, 5.74) is 1.63. The molecule has 1 aromatic heterocycles. The van der Waals surface area contributed by atoms with E-state index in [4.69, 9.17) is 4.52 Å². The predicted molar refractivity (Wildman–Crippen MR) is 48.4 cm³/mol. The number of aryl methyl sites for hydroxylation is 1. The Labute approximate surface area is 76.6 Å². The number of hydrogen-bond acceptors (Lipinski definition) is 3. The van der Waals surface area contributed by atoms with E-state index in [2.05, 4.69) is 17.1 Å². The molecule has 13 heavy (non-hydrogen) atoms. The second kappa shape index (κ2) is 3.89. The molecule has 4 heteroatoms. The minimum absolute atomic E-state index is 0.252. The topological polar surface area (TPSA) is 55.1 Å². The van der Waals surface area contributed by atoms with E-state index >= 15 is 0 Å². The third-order valence-electron chi connectivity index (χ3n) is 1.51. The summed E-state index contributed by atoms with van der Waals surface area (Å²) in [6, 6.07) is 0. The Hall–Kier alpha value is -1.58. The third kappa shape index (κ3) is 2.43. The number of amides is 1. The average molecular weight is 180 g/mol. The van der Waals surface area contributed by atoms with E-state index in [1.807, 2.05) is 6.92 Å². The molecule has 0 aromatic carbocycles. The smallest absolute Gasteiger partial charge is 0.290 e. The zero-order valence-corrected chi connectivity index (χ0v) is 7.76. The lowest BCUT2D eigenvalue weighted by molar-refractivity contribution is 0.0919. The van der Waals surface area contributed by atoms with Crippen molar-refractivity contribution in [2.75, 3.05) is 6.54 Å². The number of nitrogens with zero attached hydrogens (tertiary/aromatic N) is 1. The van der Waals surface area contributed by atoms with Crippen LogP contribution in [0.2, 0.25) is 0 Å². The second-order valence-electron chi connectivity index (χ2n) is 2.98. The van der Waals surface area contributed by atoms with E-state index in [1.165, 1.54) is 6.20 Å². The Balaban J connectivity index is 2.59. The fourth-order valence-electron chi connectivity index (χ4n) is 0.821. The number of aromatic nitrogens is 1.